The number of aryl methyl sites for hydroxylation is 2. The maximum atomic E-state index is 12.3. The molecule has 0 amide bonds. The van der Waals surface area contributed by atoms with Gasteiger partial charge < -0.3 is 10.3 Å². The Morgan fingerprint density at radius 1 is 1.33 bits per heavy atom. The number of hydrogen-bond donors (Lipinski definition) is 2. The summed E-state index contributed by atoms with van der Waals surface area (Å²) in [7, 11) is -3.72. The molecule has 0 fully saturated rings. The summed E-state index contributed by atoms with van der Waals surface area (Å²) in [5, 5.41) is 3.65. The number of rotatable bonds is 5. The molecule has 1 heterocycles. The normalized spacial score (nSPS) is 11.3. The van der Waals surface area contributed by atoms with Gasteiger partial charge in [0.05, 0.1) is 4.99 Å². The Balaban J connectivity index is 2.23. The lowest BCUT2D eigenvalue weighted by molar-refractivity contribution is 0.390. The van der Waals surface area contributed by atoms with E-state index in [1.54, 1.807) is 38.1 Å². The Hall–Kier alpha value is -1.93. The Kier molecular flexibility index (Phi) is 4.29. The van der Waals surface area contributed by atoms with Crippen LogP contribution in [-0.2, 0) is 16.4 Å². The number of nitrogens with zero attached hydrogens (tertiary/aromatic N) is 1. The van der Waals surface area contributed by atoms with E-state index in [1.165, 1.54) is 0 Å². The van der Waals surface area contributed by atoms with Crippen molar-refractivity contribution in [2.24, 2.45) is 5.73 Å². The van der Waals surface area contributed by atoms with Gasteiger partial charge in [-0.2, -0.15) is 0 Å². The van der Waals surface area contributed by atoms with Crippen LogP contribution in [0.1, 0.15) is 17.0 Å². The molecule has 0 atom stereocenters. The van der Waals surface area contributed by atoms with Gasteiger partial charge >= 0.3 is 0 Å². The van der Waals surface area contributed by atoms with Gasteiger partial charge in [-0.15, -0.1) is 0 Å². The van der Waals surface area contributed by atoms with E-state index in [2.05, 4.69) is 9.88 Å². The van der Waals surface area contributed by atoms with Crippen LogP contribution in [0.2, 0.25) is 0 Å². The van der Waals surface area contributed by atoms with Gasteiger partial charge in [-0.1, -0.05) is 29.5 Å². The summed E-state index contributed by atoms with van der Waals surface area (Å²) in [4.78, 5) is 0.453. The van der Waals surface area contributed by atoms with Gasteiger partial charge in [0.2, 0.25) is 0 Å². The van der Waals surface area contributed by atoms with Gasteiger partial charge in [-0.05, 0) is 31.5 Å². The van der Waals surface area contributed by atoms with Crippen molar-refractivity contribution in [3.05, 3.63) is 41.3 Å². The minimum atomic E-state index is -3.72. The maximum Gasteiger partial charge on any atom is 0.267 e. The summed E-state index contributed by atoms with van der Waals surface area (Å²) < 4.78 is 32.0. The van der Waals surface area contributed by atoms with Crippen LogP contribution in [-0.4, -0.2) is 18.6 Å². The van der Waals surface area contributed by atoms with Crippen molar-refractivity contribution in [2.75, 3.05) is 4.72 Å². The summed E-state index contributed by atoms with van der Waals surface area (Å²) in [6, 6.07) is 6.85. The minimum absolute atomic E-state index is 0.0645. The highest BCUT2D eigenvalue weighted by molar-refractivity contribution is 7.92. The molecule has 1 aromatic heterocycles. The first kappa shape index (κ1) is 15.5. The molecule has 2 rings (SSSR count). The lowest BCUT2D eigenvalue weighted by Gasteiger charge is -2.08. The third-order valence-electron chi connectivity index (χ3n) is 2.82. The van der Waals surface area contributed by atoms with Gasteiger partial charge in [0.15, 0.2) is 10.7 Å². The number of sulfonamides is 1. The van der Waals surface area contributed by atoms with Crippen molar-refractivity contribution in [3.63, 3.8) is 0 Å². The van der Waals surface area contributed by atoms with E-state index >= 15 is 0 Å². The fourth-order valence-corrected chi connectivity index (χ4v) is 3.51. The highest BCUT2D eigenvalue weighted by Crippen LogP contribution is 2.22. The molecule has 0 aliphatic carbocycles. The van der Waals surface area contributed by atoms with E-state index in [0.29, 0.717) is 22.8 Å². The van der Waals surface area contributed by atoms with Gasteiger partial charge in [0.1, 0.15) is 5.69 Å². The molecule has 0 aliphatic rings. The van der Waals surface area contributed by atoms with E-state index in [9.17, 15) is 8.42 Å². The fraction of sp³-hybridized carbons (Fsp3) is 0.231. The molecule has 1 aromatic carbocycles. The quantitative estimate of drug-likeness (QED) is 0.815. The smallest absolute Gasteiger partial charge is 0.267 e. The van der Waals surface area contributed by atoms with Crippen LogP contribution >= 0.6 is 12.2 Å². The molecule has 0 unspecified atom stereocenters. The van der Waals surface area contributed by atoms with Crippen LogP contribution < -0.4 is 10.5 Å². The molecular weight excluding hydrogens is 310 g/mol. The second-order valence-electron chi connectivity index (χ2n) is 4.60. The number of nitrogens with one attached hydrogen (secondary N) is 1. The van der Waals surface area contributed by atoms with E-state index in [0.717, 1.165) is 5.56 Å². The molecule has 21 heavy (non-hydrogen) atoms. The zero-order valence-corrected chi connectivity index (χ0v) is 13.2. The van der Waals surface area contributed by atoms with Crippen LogP contribution in [0, 0.1) is 13.8 Å². The van der Waals surface area contributed by atoms with Crippen LogP contribution in [0.4, 0.5) is 5.69 Å². The van der Waals surface area contributed by atoms with Crippen LogP contribution in [0.25, 0.3) is 0 Å². The second kappa shape index (κ2) is 5.82. The summed E-state index contributed by atoms with van der Waals surface area (Å²) >= 11 is 4.83. The lowest BCUT2D eigenvalue weighted by atomic mass is 10.1. The second-order valence-corrected chi connectivity index (χ2v) is 6.74. The predicted octanol–water partition coefficient (Wildman–Crippen LogP) is 1.92. The summed E-state index contributed by atoms with van der Waals surface area (Å²) in [5.41, 5.74) is 7.15. The summed E-state index contributed by atoms with van der Waals surface area (Å²) in [6.45, 7) is 3.14. The number of hydrogen-bond acceptors (Lipinski definition) is 5. The first-order valence-electron chi connectivity index (χ1n) is 6.12. The number of thiocarbonyl (C=S) groups is 1. The summed E-state index contributed by atoms with van der Waals surface area (Å²) in [6.07, 6.45) is 0.478. The SMILES string of the molecule is Cc1noc(C)c1S(=O)(=O)Nc1ccc(CC(N)=S)cc1. The molecule has 8 heteroatoms. The van der Waals surface area contributed by atoms with Gasteiger partial charge in [0, 0.05) is 12.1 Å². The third-order valence-corrected chi connectivity index (χ3v) is 4.59. The zero-order chi connectivity index (χ0) is 15.6. The average Bonchev–Trinajstić information content (AvgIpc) is 2.71. The average molecular weight is 325 g/mol. The monoisotopic (exact) mass is 325 g/mol. The van der Waals surface area contributed by atoms with E-state index < -0.39 is 10.0 Å². The van der Waals surface area contributed by atoms with Crippen molar-refractivity contribution in [1.29, 1.82) is 0 Å². The van der Waals surface area contributed by atoms with Crippen molar-refractivity contribution in [1.82, 2.24) is 5.16 Å². The number of aromatic nitrogens is 1. The number of anilines is 1. The largest absolute Gasteiger partial charge is 0.393 e. The molecule has 6 nitrogen and oxygen atoms in total. The molecule has 0 aliphatic heterocycles. The Morgan fingerprint density at radius 2 is 1.95 bits per heavy atom. The van der Waals surface area contributed by atoms with Crippen LogP contribution in [0.3, 0.4) is 0 Å². The molecule has 0 bridgehead atoms. The Morgan fingerprint density at radius 3 is 2.43 bits per heavy atom. The molecule has 0 saturated heterocycles. The van der Waals surface area contributed by atoms with Crippen molar-refractivity contribution < 1.29 is 12.9 Å². The van der Waals surface area contributed by atoms with Crippen molar-refractivity contribution in [2.45, 2.75) is 25.2 Å². The van der Waals surface area contributed by atoms with Gasteiger partial charge in [-0.25, -0.2) is 8.42 Å². The minimum Gasteiger partial charge on any atom is -0.393 e. The van der Waals surface area contributed by atoms with E-state index in [4.69, 9.17) is 22.5 Å². The lowest BCUT2D eigenvalue weighted by Crippen LogP contribution is -2.15. The first-order chi connectivity index (χ1) is 9.79. The summed E-state index contributed by atoms with van der Waals surface area (Å²) in [5.74, 6) is 0.255. The highest BCUT2D eigenvalue weighted by Gasteiger charge is 2.24. The highest BCUT2D eigenvalue weighted by atomic mass is 32.2. The van der Waals surface area contributed by atoms with Gasteiger partial charge in [0.25, 0.3) is 10.0 Å². The van der Waals surface area contributed by atoms with E-state index in [-0.39, 0.29) is 10.7 Å². The third kappa shape index (κ3) is 3.59. The molecule has 2 aromatic rings. The maximum absolute atomic E-state index is 12.3. The van der Waals surface area contributed by atoms with Crippen LogP contribution in [0.5, 0.6) is 0 Å². The Bertz CT molecular complexity index is 745. The predicted molar refractivity (Wildman–Crippen MR) is 83.7 cm³/mol. The van der Waals surface area contributed by atoms with Gasteiger partial charge in [-0.3, -0.25) is 4.72 Å². The standard InChI is InChI=1S/C13H15N3O3S2/c1-8-13(9(2)19-15-8)21(17,18)16-11-5-3-10(4-6-11)7-12(14)20/h3-6,16H,7H2,1-2H3,(H2,14,20). The molecule has 3 N–H and O–H groups in total. The molecular formula is C13H15N3O3S2. The Labute approximate surface area is 128 Å². The molecule has 0 radical (unpaired) electrons. The first-order valence-corrected chi connectivity index (χ1v) is 8.01. The number of nitrogens with two attached hydrogens (primary N) is 1. The molecule has 112 valence electrons. The molecule has 0 spiro atoms. The van der Waals surface area contributed by atoms with E-state index in [1.807, 2.05) is 0 Å². The van der Waals surface area contributed by atoms with Crippen molar-refractivity contribution >= 4 is 32.9 Å². The van der Waals surface area contributed by atoms with Crippen molar-refractivity contribution in [3.8, 4) is 0 Å². The topological polar surface area (TPSA) is 98.2 Å². The zero-order valence-electron chi connectivity index (χ0n) is 11.6. The molecule has 0 saturated carbocycles. The van der Waals surface area contributed by atoms with Crippen LogP contribution in [0.15, 0.2) is 33.7 Å². The number of benzene rings is 1. The fourth-order valence-electron chi connectivity index (χ4n) is 1.96.